The zero-order chi connectivity index (χ0) is 12.4. The smallest absolute Gasteiger partial charge is 0.142 e. The maximum Gasteiger partial charge on any atom is 0.142 e. The van der Waals surface area contributed by atoms with Crippen molar-refractivity contribution in [2.24, 2.45) is 11.7 Å². The summed E-state index contributed by atoms with van der Waals surface area (Å²) in [4.78, 5) is 2.47. The largest absolute Gasteiger partial charge is 0.491 e. The van der Waals surface area contributed by atoms with Crippen LogP contribution in [0, 0.1) is 5.92 Å². The van der Waals surface area contributed by atoms with Gasteiger partial charge in [0.2, 0.25) is 0 Å². The molecule has 0 saturated heterocycles. The highest BCUT2D eigenvalue weighted by Gasteiger charge is 2.27. The molecule has 98 valence electrons. The quantitative estimate of drug-likeness (QED) is 0.871. The molecule has 1 fully saturated rings. The Morgan fingerprint density at radius 2 is 2.11 bits per heavy atom. The molecule has 2 unspecified atom stereocenters. The molecule has 0 radical (unpaired) electrons. The van der Waals surface area contributed by atoms with Crippen LogP contribution in [0.1, 0.15) is 25.7 Å². The molecule has 0 bridgehead atoms. The maximum absolute atomic E-state index is 6.20. The van der Waals surface area contributed by atoms with Gasteiger partial charge in [0.15, 0.2) is 0 Å². The van der Waals surface area contributed by atoms with Gasteiger partial charge in [0.1, 0.15) is 5.75 Å². The van der Waals surface area contributed by atoms with E-state index in [1.165, 1.54) is 24.9 Å². The first-order chi connectivity index (χ1) is 8.84. The molecule has 0 aromatic heterocycles. The van der Waals surface area contributed by atoms with Gasteiger partial charge in [-0.25, -0.2) is 0 Å². The summed E-state index contributed by atoms with van der Waals surface area (Å²) in [5.41, 5.74) is 7.44. The Balaban J connectivity index is 1.79. The van der Waals surface area contributed by atoms with Gasteiger partial charge in [-0.15, -0.1) is 0 Å². The van der Waals surface area contributed by atoms with E-state index in [0.29, 0.717) is 12.0 Å². The van der Waals surface area contributed by atoms with Crippen LogP contribution in [0.4, 0.5) is 5.69 Å². The minimum atomic E-state index is 0.390. The summed E-state index contributed by atoms with van der Waals surface area (Å²) >= 11 is 0. The second-order valence-electron chi connectivity index (χ2n) is 5.47. The molecular formula is C15H22N2O. The number of rotatable bonds is 2. The van der Waals surface area contributed by atoms with Crippen LogP contribution in [0.15, 0.2) is 24.3 Å². The predicted octanol–water partition coefficient (Wildman–Crippen LogP) is 2.40. The van der Waals surface area contributed by atoms with Crippen LogP contribution >= 0.6 is 0 Å². The van der Waals surface area contributed by atoms with Crippen molar-refractivity contribution in [3.8, 4) is 5.75 Å². The molecule has 1 aromatic rings. The van der Waals surface area contributed by atoms with Gasteiger partial charge in [-0.2, -0.15) is 0 Å². The SMILES string of the molecule is NC1CCCC1CN1CCCOc2ccccc21. The van der Waals surface area contributed by atoms with Crippen molar-refractivity contribution >= 4 is 5.69 Å². The van der Waals surface area contributed by atoms with Crippen molar-refractivity contribution in [1.29, 1.82) is 0 Å². The molecule has 2 N–H and O–H groups in total. The van der Waals surface area contributed by atoms with Gasteiger partial charge < -0.3 is 15.4 Å². The lowest BCUT2D eigenvalue weighted by Gasteiger charge is -2.28. The van der Waals surface area contributed by atoms with E-state index in [2.05, 4.69) is 23.1 Å². The Bertz CT molecular complexity index is 407. The Kier molecular flexibility index (Phi) is 3.41. The van der Waals surface area contributed by atoms with Crippen molar-refractivity contribution in [2.45, 2.75) is 31.7 Å². The fourth-order valence-corrected chi connectivity index (χ4v) is 3.16. The van der Waals surface area contributed by atoms with Gasteiger partial charge in [-0.05, 0) is 37.3 Å². The number of para-hydroxylation sites is 2. The van der Waals surface area contributed by atoms with E-state index in [9.17, 15) is 0 Å². The molecule has 1 aromatic carbocycles. The molecule has 3 heteroatoms. The summed E-state index contributed by atoms with van der Waals surface area (Å²) in [5.74, 6) is 1.68. The van der Waals surface area contributed by atoms with Crippen molar-refractivity contribution in [3.63, 3.8) is 0 Å². The number of benzene rings is 1. The predicted molar refractivity (Wildman–Crippen MR) is 74.1 cm³/mol. The molecule has 2 aliphatic rings. The lowest BCUT2D eigenvalue weighted by Crippen LogP contribution is -2.36. The molecule has 18 heavy (non-hydrogen) atoms. The number of fused-ring (bicyclic) bond motifs is 1. The van der Waals surface area contributed by atoms with Gasteiger partial charge in [-0.1, -0.05) is 18.6 Å². The topological polar surface area (TPSA) is 38.5 Å². The number of nitrogens with two attached hydrogens (primary N) is 1. The number of hydrogen-bond acceptors (Lipinski definition) is 3. The first-order valence-electron chi connectivity index (χ1n) is 7.07. The van der Waals surface area contributed by atoms with Crippen molar-refractivity contribution in [1.82, 2.24) is 0 Å². The van der Waals surface area contributed by atoms with Gasteiger partial charge >= 0.3 is 0 Å². The Morgan fingerprint density at radius 3 is 2.94 bits per heavy atom. The van der Waals surface area contributed by atoms with Crippen LogP contribution in [0.2, 0.25) is 0 Å². The maximum atomic E-state index is 6.20. The summed E-state index contributed by atoms with van der Waals surface area (Å²) in [6.07, 6.45) is 4.85. The zero-order valence-corrected chi connectivity index (χ0v) is 10.8. The Morgan fingerprint density at radius 1 is 1.22 bits per heavy atom. The van der Waals surface area contributed by atoms with E-state index in [4.69, 9.17) is 10.5 Å². The van der Waals surface area contributed by atoms with Crippen LogP contribution in [-0.4, -0.2) is 25.7 Å². The van der Waals surface area contributed by atoms with E-state index >= 15 is 0 Å². The normalized spacial score (nSPS) is 27.5. The number of hydrogen-bond donors (Lipinski definition) is 1. The molecule has 1 aliphatic carbocycles. The van der Waals surface area contributed by atoms with Crippen LogP contribution in [-0.2, 0) is 0 Å². The highest BCUT2D eigenvalue weighted by molar-refractivity contribution is 5.59. The first kappa shape index (κ1) is 11.8. The third-order valence-corrected chi connectivity index (χ3v) is 4.21. The number of nitrogens with zero attached hydrogens (tertiary/aromatic N) is 1. The van der Waals surface area contributed by atoms with E-state index in [-0.39, 0.29) is 0 Å². The lowest BCUT2D eigenvalue weighted by atomic mass is 10.0. The van der Waals surface area contributed by atoms with Crippen molar-refractivity contribution < 1.29 is 4.74 Å². The van der Waals surface area contributed by atoms with E-state index in [1.807, 2.05) is 6.07 Å². The summed E-state index contributed by atoms with van der Waals surface area (Å²) in [6, 6.07) is 8.77. The third-order valence-electron chi connectivity index (χ3n) is 4.21. The molecule has 0 spiro atoms. The molecule has 0 amide bonds. The Hall–Kier alpha value is -1.22. The fraction of sp³-hybridized carbons (Fsp3) is 0.600. The molecule has 1 heterocycles. The Labute approximate surface area is 109 Å². The second kappa shape index (κ2) is 5.19. The van der Waals surface area contributed by atoms with Gasteiger partial charge in [-0.3, -0.25) is 0 Å². The fourth-order valence-electron chi connectivity index (χ4n) is 3.16. The van der Waals surface area contributed by atoms with Crippen molar-refractivity contribution in [3.05, 3.63) is 24.3 Å². The van der Waals surface area contributed by atoms with Gasteiger partial charge in [0, 0.05) is 19.1 Å². The lowest BCUT2D eigenvalue weighted by molar-refractivity contribution is 0.322. The molecule has 3 rings (SSSR count). The van der Waals surface area contributed by atoms with E-state index < -0.39 is 0 Å². The van der Waals surface area contributed by atoms with E-state index in [0.717, 1.165) is 31.9 Å². The van der Waals surface area contributed by atoms with Gasteiger partial charge in [0.25, 0.3) is 0 Å². The second-order valence-corrected chi connectivity index (χ2v) is 5.47. The number of anilines is 1. The number of ether oxygens (including phenoxy) is 1. The highest BCUT2D eigenvalue weighted by atomic mass is 16.5. The summed E-state index contributed by atoms with van der Waals surface area (Å²) < 4.78 is 5.80. The van der Waals surface area contributed by atoms with Crippen LogP contribution in [0.3, 0.4) is 0 Å². The van der Waals surface area contributed by atoms with Crippen LogP contribution in [0.25, 0.3) is 0 Å². The zero-order valence-electron chi connectivity index (χ0n) is 10.8. The van der Waals surface area contributed by atoms with E-state index in [1.54, 1.807) is 0 Å². The average molecular weight is 246 g/mol. The average Bonchev–Trinajstić information content (AvgIpc) is 2.68. The standard InChI is InChI=1S/C15H22N2O/c16-13-6-3-5-12(13)11-17-9-4-10-18-15-8-2-1-7-14(15)17/h1-2,7-8,12-13H,3-6,9-11,16H2. The minimum Gasteiger partial charge on any atom is -0.491 e. The molecule has 3 nitrogen and oxygen atoms in total. The van der Waals surface area contributed by atoms with Gasteiger partial charge in [0.05, 0.1) is 12.3 Å². The molecule has 1 saturated carbocycles. The highest BCUT2D eigenvalue weighted by Crippen LogP contribution is 2.33. The molecular weight excluding hydrogens is 224 g/mol. The summed E-state index contributed by atoms with van der Waals surface area (Å²) in [7, 11) is 0. The summed E-state index contributed by atoms with van der Waals surface area (Å²) in [5, 5.41) is 0. The molecule has 2 atom stereocenters. The van der Waals surface area contributed by atoms with Crippen molar-refractivity contribution in [2.75, 3.05) is 24.6 Å². The minimum absolute atomic E-state index is 0.390. The monoisotopic (exact) mass is 246 g/mol. The van der Waals surface area contributed by atoms with Crippen LogP contribution in [0.5, 0.6) is 5.75 Å². The third kappa shape index (κ3) is 2.32. The van der Waals surface area contributed by atoms with Crippen LogP contribution < -0.4 is 15.4 Å². The molecule has 1 aliphatic heterocycles. The first-order valence-corrected chi connectivity index (χ1v) is 7.07. The summed E-state index contributed by atoms with van der Waals surface area (Å²) in [6.45, 7) is 2.99.